The molecule has 0 aliphatic heterocycles. The summed E-state index contributed by atoms with van der Waals surface area (Å²) in [5, 5.41) is 12.9. The highest BCUT2D eigenvalue weighted by atomic mass is 16.3. The van der Waals surface area contributed by atoms with Crippen molar-refractivity contribution in [3.8, 4) is 56.3 Å². The van der Waals surface area contributed by atoms with Crippen LogP contribution in [0.2, 0.25) is 0 Å². The van der Waals surface area contributed by atoms with Gasteiger partial charge in [0, 0.05) is 37.9 Å². The topological polar surface area (TPSA) is 64.1 Å². The number of furan rings is 1. The van der Waals surface area contributed by atoms with Gasteiger partial charge in [0.05, 0.1) is 22.3 Å². The number of aromatic nitrogens is 3. The van der Waals surface area contributed by atoms with Gasteiger partial charge in [-0.1, -0.05) is 90.5 Å². The normalized spacial score (nSPS) is 12.7. The summed E-state index contributed by atoms with van der Waals surface area (Å²) in [5.74, 6) is 0.787. The summed E-state index contributed by atoms with van der Waals surface area (Å²) in [4.78, 5) is 10.0. The van der Waals surface area contributed by atoms with Crippen LogP contribution in [0.3, 0.4) is 0 Å². The van der Waals surface area contributed by atoms with Crippen LogP contribution in [0.25, 0.3) is 83.6 Å². The van der Waals surface area contributed by atoms with Crippen molar-refractivity contribution >= 4 is 33.0 Å². The molecule has 3 heterocycles. The molecule has 0 saturated carbocycles. The predicted octanol–water partition coefficient (Wildman–Crippen LogP) is 11.0. The minimum absolute atomic E-state index is 0.152. The van der Waals surface area contributed by atoms with Crippen LogP contribution in [0.15, 0.2) is 156 Å². The second-order valence-corrected chi connectivity index (χ2v) is 11.8. The third-order valence-electron chi connectivity index (χ3n) is 8.89. The van der Waals surface area contributed by atoms with Crippen LogP contribution < -0.4 is 0 Å². The van der Waals surface area contributed by atoms with Gasteiger partial charge in [0.2, 0.25) is 0 Å². The minimum atomic E-state index is -2.17. The van der Waals surface area contributed by atoms with Gasteiger partial charge in [-0.2, -0.15) is 0 Å². The lowest BCUT2D eigenvalue weighted by atomic mass is 9.96. The predicted molar refractivity (Wildman–Crippen MR) is 194 cm³/mol. The molecule has 0 saturated heterocycles. The van der Waals surface area contributed by atoms with Crippen LogP contribution in [0.4, 0.5) is 0 Å². The quantitative estimate of drug-likeness (QED) is 0.207. The number of aromatic hydroxyl groups is 1. The summed E-state index contributed by atoms with van der Waals surface area (Å²) < 4.78 is 31.9. The summed E-state index contributed by atoms with van der Waals surface area (Å²) >= 11 is 0. The number of imidazole rings is 1. The Labute approximate surface area is 281 Å². The van der Waals surface area contributed by atoms with Gasteiger partial charge in [0.1, 0.15) is 22.7 Å². The standard InChI is InChI=1S/C43H29N3O2/c1-27-18-20-28(21-19-27)29-22-23-44-37(26-29)36-25-30(24-35-33-12-6-8-17-40(33)48-42(35)36)32-14-9-15-38-41(32)45-43(34-13-5-7-16-39(34)47)46(38)31-10-3-2-4-11-31/h2-26,47H,1H3/i1D3. The monoisotopic (exact) mass is 622 g/mol. The zero-order valence-corrected chi connectivity index (χ0v) is 25.6. The molecule has 0 radical (unpaired) electrons. The molecule has 0 fully saturated rings. The van der Waals surface area contributed by atoms with Gasteiger partial charge in [-0.3, -0.25) is 9.55 Å². The van der Waals surface area contributed by atoms with Crippen LogP contribution >= 0.6 is 0 Å². The Morgan fingerprint density at radius 1 is 0.646 bits per heavy atom. The van der Waals surface area contributed by atoms with E-state index < -0.39 is 6.85 Å². The van der Waals surface area contributed by atoms with Gasteiger partial charge in [0.25, 0.3) is 0 Å². The molecule has 0 spiro atoms. The SMILES string of the molecule is [2H]C([2H])([2H])c1ccc(-c2ccnc(-c3cc(-c4cccc5c4nc(-c4ccccc4O)n5-c4ccccc4)cc4c3oc3ccccc34)c2)cc1. The first kappa shape index (κ1) is 24.7. The molecular weight excluding hydrogens is 590 g/mol. The third-order valence-corrected chi connectivity index (χ3v) is 8.89. The maximum absolute atomic E-state index is 11.0. The van der Waals surface area contributed by atoms with E-state index in [4.69, 9.17) is 18.5 Å². The molecule has 0 aliphatic carbocycles. The maximum Gasteiger partial charge on any atom is 0.149 e. The molecule has 0 amide bonds. The van der Waals surface area contributed by atoms with Gasteiger partial charge in [-0.15, -0.1) is 0 Å². The van der Waals surface area contributed by atoms with Crippen molar-refractivity contribution in [2.45, 2.75) is 6.85 Å². The van der Waals surface area contributed by atoms with Crippen LogP contribution in [-0.4, -0.2) is 19.6 Å². The average molecular weight is 623 g/mol. The van der Waals surface area contributed by atoms with Crippen LogP contribution in [0.5, 0.6) is 5.75 Å². The number of aryl methyl sites for hydroxylation is 1. The molecule has 6 aromatic carbocycles. The van der Waals surface area contributed by atoms with E-state index in [-0.39, 0.29) is 5.75 Å². The fourth-order valence-corrected chi connectivity index (χ4v) is 6.61. The van der Waals surface area contributed by atoms with Gasteiger partial charge >= 0.3 is 0 Å². The van der Waals surface area contributed by atoms with Crippen molar-refractivity contribution in [1.82, 2.24) is 14.5 Å². The van der Waals surface area contributed by atoms with E-state index in [0.717, 1.165) is 72.2 Å². The lowest BCUT2D eigenvalue weighted by Crippen LogP contribution is -1.97. The lowest BCUT2D eigenvalue weighted by molar-refractivity contribution is 0.477. The Bertz CT molecular complexity index is 2750. The molecule has 9 rings (SSSR count). The maximum atomic E-state index is 11.0. The Hall–Kier alpha value is -6.46. The van der Waals surface area contributed by atoms with Crippen molar-refractivity contribution in [2.75, 3.05) is 0 Å². The van der Waals surface area contributed by atoms with Gasteiger partial charge < -0.3 is 9.52 Å². The third kappa shape index (κ3) is 4.56. The zero-order chi connectivity index (χ0) is 34.7. The second kappa shape index (κ2) is 11.1. The molecule has 9 aromatic rings. The number of nitrogens with zero attached hydrogens (tertiary/aromatic N) is 3. The van der Waals surface area contributed by atoms with Crippen molar-refractivity contribution in [3.63, 3.8) is 0 Å². The summed E-state index contributed by atoms with van der Waals surface area (Å²) in [6.45, 7) is -2.17. The van der Waals surface area contributed by atoms with E-state index in [2.05, 4.69) is 34.9 Å². The van der Waals surface area contributed by atoms with Gasteiger partial charge in [0.15, 0.2) is 0 Å². The first-order chi connectivity index (χ1) is 24.8. The number of pyridine rings is 1. The molecular formula is C43H29N3O2. The fraction of sp³-hybridized carbons (Fsp3) is 0.0233. The number of phenolic OH excluding ortho intramolecular Hbond substituents is 1. The minimum Gasteiger partial charge on any atom is -0.507 e. The highest BCUT2D eigenvalue weighted by Crippen LogP contribution is 2.42. The number of hydrogen-bond acceptors (Lipinski definition) is 4. The number of fused-ring (bicyclic) bond motifs is 4. The molecule has 0 aliphatic rings. The second-order valence-electron chi connectivity index (χ2n) is 11.8. The molecule has 5 nitrogen and oxygen atoms in total. The Balaban J connectivity index is 1.28. The molecule has 228 valence electrons. The van der Waals surface area contributed by atoms with Crippen molar-refractivity contribution in [1.29, 1.82) is 0 Å². The molecule has 0 unspecified atom stereocenters. The van der Waals surface area contributed by atoms with E-state index in [9.17, 15) is 5.11 Å². The largest absolute Gasteiger partial charge is 0.507 e. The molecule has 5 heteroatoms. The highest BCUT2D eigenvalue weighted by molar-refractivity contribution is 6.12. The van der Waals surface area contributed by atoms with Crippen LogP contribution in [-0.2, 0) is 0 Å². The molecule has 3 aromatic heterocycles. The summed E-state index contributed by atoms with van der Waals surface area (Å²) in [7, 11) is 0. The number of phenols is 1. The average Bonchev–Trinajstić information content (AvgIpc) is 3.74. The highest BCUT2D eigenvalue weighted by Gasteiger charge is 2.22. The fourth-order valence-electron chi connectivity index (χ4n) is 6.61. The van der Waals surface area contributed by atoms with E-state index >= 15 is 0 Å². The molecule has 1 N–H and O–H groups in total. The van der Waals surface area contributed by atoms with Gasteiger partial charge in [-0.25, -0.2) is 4.98 Å². The van der Waals surface area contributed by atoms with E-state index in [1.54, 1.807) is 30.5 Å². The Morgan fingerprint density at radius 2 is 1.44 bits per heavy atom. The lowest BCUT2D eigenvalue weighted by Gasteiger charge is -2.11. The van der Waals surface area contributed by atoms with Crippen molar-refractivity contribution in [2.24, 2.45) is 0 Å². The van der Waals surface area contributed by atoms with E-state index in [1.165, 1.54) is 0 Å². The van der Waals surface area contributed by atoms with Crippen LogP contribution in [0, 0.1) is 6.85 Å². The zero-order valence-electron chi connectivity index (χ0n) is 28.6. The first-order valence-corrected chi connectivity index (χ1v) is 15.7. The number of para-hydroxylation sites is 4. The van der Waals surface area contributed by atoms with Crippen molar-refractivity contribution in [3.05, 3.63) is 157 Å². The Kier molecular flexibility index (Phi) is 5.72. The Morgan fingerprint density at radius 3 is 2.29 bits per heavy atom. The molecule has 0 atom stereocenters. The van der Waals surface area contributed by atoms with Crippen LogP contribution in [0.1, 0.15) is 9.68 Å². The first-order valence-electron chi connectivity index (χ1n) is 17.2. The van der Waals surface area contributed by atoms with Crippen molar-refractivity contribution < 1.29 is 13.6 Å². The summed E-state index contributed by atoms with van der Waals surface area (Å²) in [5.41, 5.74) is 10.2. The molecule has 0 bridgehead atoms. The number of rotatable bonds is 5. The molecule has 48 heavy (non-hydrogen) atoms. The number of hydrogen-bond donors (Lipinski definition) is 1. The summed E-state index contributed by atoms with van der Waals surface area (Å²) in [6, 6.07) is 46.6. The van der Waals surface area contributed by atoms with E-state index in [1.807, 2.05) is 91.0 Å². The smallest absolute Gasteiger partial charge is 0.149 e. The summed E-state index contributed by atoms with van der Waals surface area (Å²) in [6.07, 6.45) is 1.77. The number of benzene rings is 6. The van der Waals surface area contributed by atoms with Gasteiger partial charge in [-0.05, 0) is 84.2 Å². The van der Waals surface area contributed by atoms with E-state index in [0.29, 0.717) is 17.0 Å².